The molecule has 0 spiro atoms. The molecule has 0 aliphatic carbocycles. The molecule has 0 saturated carbocycles. The van der Waals surface area contributed by atoms with Crippen molar-refractivity contribution in [2.75, 3.05) is 26.8 Å². The summed E-state index contributed by atoms with van der Waals surface area (Å²) in [6, 6.07) is 5.53. The van der Waals surface area contributed by atoms with Crippen LogP contribution in [-0.2, 0) is 6.42 Å². The van der Waals surface area contributed by atoms with Gasteiger partial charge in [-0.2, -0.15) is 0 Å². The first-order valence-corrected chi connectivity index (χ1v) is 7.30. The van der Waals surface area contributed by atoms with Gasteiger partial charge in [0.05, 0.1) is 6.67 Å². The van der Waals surface area contributed by atoms with Gasteiger partial charge in [-0.1, -0.05) is 31.2 Å². The molecule has 1 fully saturated rings. The third-order valence-electron chi connectivity index (χ3n) is 3.72. The molecule has 0 bridgehead atoms. The lowest BCUT2D eigenvalue weighted by Gasteiger charge is -2.30. The van der Waals surface area contributed by atoms with Crippen LogP contribution in [0.25, 0.3) is 5.57 Å². The number of hydrogen-bond donors (Lipinski definition) is 0. The standard InChI is InChI=1S/C17H22FN3/c1-4-13-7-6-8-16(17(13)18)14(5-2)9-20-12-21-10-15(11-21)19-3/h5-9H,4,10-12H2,1-3H3/b14-5+,20-9?. The number of likely N-dealkylation sites (tertiary alicyclic amines) is 1. The van der Waals surface area contributed by atoms with E-state index in [0.717, 1.165) is 24.2 Å². The second-order valence-corrected chi connectivity index (χ2v) is 5.11. The Morgan fingerprint density at radius 2 is 2.14 bits per heavy atom. The summed E-state index contributed by atoms with van der Waals surface area (Å²) < 4.78 is 14.3. The van der Waals surface area contributed by atoms with Crippen LogP contribution in [-0.4, -0.2) is 43.6 Å². The van der Waals surface area contributed by atoms with Crippen LogP contribution in [0.4, 0.5) is 4.39 Å². The zero-order chi connectivity index (χ0) is 15.2. The van der Waals surface area contributed by atoms with Crippen molar-refractivity contribution >= 4 is 17.5 Å². The smallest absolute Gasteiger partial charge is 0.134 e. The number of benzene rings is 1. The highest BCUT2D eigenvalue weighted by Gasteiger charge is 2.19. The minimum absolute atomic E-state index is 0.135. The highest BCUT2D eigenvalue weighted by atomic mass is 19.1. The minimum atomic E-state index is -0.135. The Labute approximate surface area is 125 Å². The van der Waals surface area contributed by atoms with Gasteiger partial charge in [0.15, 0.2) is 0 Å². The highest BCUT2D eigenvalue weighted by molar-refractivity contribution is 6.09. The van der Waals surface area contributed by atoms with Crippen LogP contribution in [0.5, 0.6) is 0 Å². The Kier molecular flexibility index (Phi) is 5.39. The number of rotatable bonds is 5. The van der Waals surface area contributed by atoms with E-state index in [1.807, 2.05) is 39.1 Å². The maximum absolute atomic E-state index is 14.3. The molecule has 1 heterocycles. The molecule has 0 unspecified atom stereocenters. The highest BCUT2D eigenvalue weighted by Crippen LogP contribution is 2.20. The van der Waals surface area contributed by atoms with Crippen molar-refractivity contribution in [1.82, 2.24) is 4.90 Å². The van der Waals surface area contributed by atoms with Crippen LogP contribution >= 0.6 is 0 Å². The number of nitrogens with zero attached hydrogens (tertiary/aromatic N) is 3. The summed E-state index contributed by atoms with van der Waals surface area (Å²) in [5.41, 5.74) is 3.40. The SMILES string of the molecule is C/C=C(\C=NCN1CC(=NC)C1)c1cccc(CC)c1F. The van der Waals surface area contributed by atoms with E-state index in [1.165, 1.54) is 5.71 Å². The summed E-state index contributed by atoms with van der Waals surface area (Å²) in [6.45, 7) is 6.27. The van der Waals surface area contributed by atoms with E-state index in [1.54, 1.807) is 12.3 Å². The maximum Gasteiger partial charge on any atom is 0.134 e. The molecule has 0 radical (unpaired) electrons. The maximum atomic E-state index is 14.3. The molecule has 3 nitrogen and oxygen atoms in total. The molecule has 1 aliphatic heterocycles. The fourth-order valence-corrected chi connectivity index (χ4v) is 2.34. The molecule has 0 N–H and O–H groups in total. The molecule has 1 aliphatic rings. The van der Waals surface area contributed by atoms with Gasteiger partial charge in [-0.25, -0.2) is 4.39 Å². The Morgan fingerprint density at radius 1 is 1.38 bits per heavy atom. The van der Waals surface area contributed by atoms with Crippen LogP contribution < -0.4 is 0 Å². The zero-order valence-corrected chi connectivity index (χ0v) is 12.9. The lowest BCUT2D eigenvalue weighted by molar-refractivity contribution is 0.316. The third kappa shape index (κ3) is 3.64. The fourth-order valence-electron chi connectivity index (χ4n) is 2.34. The quantitative estimate of drug-likeness (QED) is 0.764. The van der Waals surface area contributed by atoms with Crippen LogP contribution in [0.1, 0.15) is 25.0 Å². The van der Waals surface area contributed by atoms with Crippen molar-refractivity contribution in [1.29, 1.82) is 0 Å². The Hall–Kier alpha value is -1.81. The van der Waals surface area contributed by atoms with E-state index in [-0.39, 0.29) is 5.82 Å². The van der Waals surface area contributed by atoms with Crippen LogP contribution in [0.3, 0.4) is 0 Å². The number of allylic oxidation sites excluding steroid dienone is 2. The fraction of sp³-hybridized carbons (Fsp3) is 0.412. The molecule has 21 heavy (non-hydrogen) atoms. The summed E-state index contributed by atoms with van der Waals surface area (Å²) in [4.78, 5) is 10.7. The Balaban J connectivity index is 2.04. The van der Waals surface area contributed by atoms with Gasteiger partial charge in [0, 0.05) is 37.6 Å². The number of hydrogen-bond acceptors (Lipinski definition) is 3. The summed E-state index contributed by atoms with van der Waals surface area (Å²) in [5, 5.41) is 0. The van der Waals surface area contributed by atoms with Crippen molar-refractivity contribution in [2.45, 2.75) is 20.3 Å². The molecule has 0 amide bonds. The van der Waals surface area contributed by atoms with Crippen molar-refractivity contribution in [3.8, 4) is 0 Å². The van der Waals surface area contributed by atoms with Crippen molar-refractivity contribution < 1.29 is 4.39 Å². The van der Waals surface area contributed by atoms with E-state index >= 15 is 0 Å². The average Bonchev–Trinajstić information content (AvgIpc) is 2.46. The van der Waals surface area contributed by atoms with E-state index in [2.05, 4.69) is 14.9 Å². The monoisotopic (exact) mass is 287 g/mol. The molecule has 4 heteroatoms. The lowest BCUT2D eigenvalue weighted by atomic mass is 10.0. The predicted octanol–water partition coefficient (Wildman–Crippen LogP) is 3.21. The Bertz CT molecular complexity index is 580. The van der Waals surface area contributed by atoms with Gasteiger partial charge in [-0.3, -0.25) is 14.9 Å². The number of aryl methyl sites for hydroxylation is 1. The molecular weight excluding hydrogens is 265 g/mol. The normalized spacial score (nSPS) is 16.4. The summed E-state index contributed by atoms with van der Waals surface area (Å²) in [5.74, 6) is -0.135. The molecule has 1 saturated heterocycles. The second kappa shape index (κ2) is 7.27. The first-order valence-electron chi connectivity index (χ1n) is 7.30. The van der Waals surface area contributed by atoms with Gasteiger partial charge < -0.3 is 0 Å². The predicted molar refractivity (Wildman–Crippen MR) is 87.7 cm³/mol. The summed E-state index contributed by atoms with van der Waals surface area (Å²) in [7, 11) is 1.82. The second-order valence-electron chi connectivity index (χ2n) is 5.11. The molecule has 2 rings (SSSR count). The first kappa shape index (κ1) is 15.6. The average molecular weight is 287 g/mol. The van der Waals surface area contributed by atoms with Gasteiger partial charge in [0.1, 0.15) is 5.82 Å². The van der Waals surface area contributed by atoms with E-state index in [0.29, 0.717) is 18.7 Å². The molecule has 1 aromatic carbocycles. The summed E-state index contributed by atoms with van der Waals surface area (Å²) in [6.07, 6.45) is 4.36. The van der Waals surface area contributed by atoms with Crippen molar-refractivity contribution in [2.24, 2.45) is 9.98 Å². The van der Waals surface area contributed by atoms with Crippen molar-refractivity contribution in [3.05, 3.63) is 41.2 Å². The molecule has 1 aromatic rings. The van der Waals surface area contributed by atoms with E-state index in [9.17, 15) is 4.39 Å². The van der Waals surface area contributed by atoms with Crippen molar-refractivity contribution in [3.63, 3.8) is 0 Å². The number of aliphatic imine (C=N–C) groups is 2. The van der Waals surface area contributed by atoms with E-state index < -0.39 is 0 Å². The molecule has 0 atom stereocenters. The van der Waals surface area contributed by atoms with Gasteiger partial charge in [-0.15, -0.1) is 0 Å². The van der Waals surface area contributed by atoms with E-state index in [4.69, 9.17) is 0 Å². The first-order chi connectivity index (χ1) is 10.2. The van der Waals surface area contributed by atoms with Crippen LogP contribution in [0.2, 0.25) is 0 Å². The topological polar surface area (TPSA) is 28.0 Å². The Morgan fingerprint density at radius 3 is 2.76 bits per heavy atom. The third-order valence-corrected chi connectivity index (χ3v) is 3.72. The molecular formula is C17H22FN3. The van der Waals surface area contributed by atoms with Gasteiger partial charge in [0.25, 0.3) is 0 Å². The van der Waals surface area contributed by atoms with Gasteiger partial charge in [0.2, 0.25) is 0 Å². The van der Waals surface area contributed by atoms with Gasteiger partial charge in [-0.05, 0) is 24.5 Å². The lowest BCUT2D eigenvalue weighted by Crippen LogP contribution is -2.47. The molecule has 112 valence electrons. The summed E-state index contributed by atoms with van der Waals surface area (Å²) >= 11 is 0. The zero-order valence-electron chi connectivity index (χ0n) is 12.9. The largest absolute Gasteiger partial charge is 0.295 e. The number of halogens is 1. The molecule has 0 aromatic heterocycles. The minimum Gasteiger partial charge on any atom is -0.295 e. The van der Waals surface area contributed by atoms with Crippen LogP contribution in [0.15, 0.2) is 34.3 Å². The van der Waals surface area contributed by atoms with Crippen LogP contribution in [0, 0.1) is 5.82 Å². The van der Waals surface area contributed by atoms with Gasteiger partial charge >= 0.3 is 0 Å².